The second-order valence-electron chi connectivity index (χ2n) is 5.09. The summed E-state index contributed by atoms with van der Waals surface area (Å²) in [5.74, 6) is 0. The van der Waals surface area contributed by atoms with Gasteiger partial charge in [-0.1, -0.05) is 11.6 Å². The summed E-state index contributed by atoms with van der Waals surface area (Å²) >= 11 is 5.95. The van der Waals surface area contributed by atoms with Crippen LogP contribution in [0, 0.1) is 6.92 Å². The lowest BCUT2D eigenvalue weighted by atomic mass is 10.1. The van der Waals surface area contributed by atoms with Crippen molar-refractivity contribution in [2.75, 3.05) is 6.54 Å². The van der Waals surface area contributed by atoms with Crippen LogP contribution in [0.3, 0.4) is 0 Å². The lowest BCUT2D eigenvalue weighted by Crippen LogP contribution is -2.29. The molecule has 1 fully saturated rings. The molecule has 1 saturated carbocycles. The van der Waals surface area contributed by atoms with E-state index in [2.05, 4.69) is 5.32 Å². The molecule has 8 heteroatoms. The molecule has 0 unspecified atom stereocenters. The fourth-order valence-corrected chi connectivity index (χ4v) is 3.59. The highest BCUT2D eigenvalue weighted by atomic mass is 35.5. The van der Waals surface area contributed by atoms with Crippen molar-refractivity contribution >= 4 is 21.6 Å². The van der Waals surface area contributed by atoms with Crippen LogP contribution >= 0.6 is 11.6 Å². The van der Waals surface area contributed by atoms with Crippen molar-refractivity contribution in [1.29, 1.82) is 0 Å². The smallest absolute Gasteiger partial charge is 0.251 e. The third kappa shape index (κ3) is 4.60. The standard InChI is InChI=1S/C13H17ClF2N2O2S/c1-8-9(6-17-11-2-3-11)4-10(14)5-12(8)21(19,20)18-7-13(15)16/h4-5,11,13,17-18H,2-3,6-7H2,1H3. The van der Waals surface area contributed by atoms with E-state index in [1.165, 1.54) is 6.07 Å². The zero-order chi connectivity index (χ0) is 15.6. The van der Waals surface area contributed by atoms with E-state index in [0.29, 0.717) is 18.2 Å². The van der Waals surface area contributed by atoms with E-state index in [4.69, 9.17) is 11.6 Å². The predicted molar refractivity (Wildman–Crippen MR) is 77.2 cm³/mol. The highest BCUT2D eigenvalue weighted by Gasteiger charge is 2.23. The summed E-state index contributed by atoms with van der Waals surface area (Å²) in [7, 11) is -4.00. The summed E-state index contributed by atoms with van der Waals surface area (Å²) in [6, 6.07) is 3.45. The molecule has 1 aliphatic carbocycles. The molecule has 1 aliphatic rings. The van der Waals surface area contributed by atoms with Crippen LogP contribution < -0.4 is 10.0 Å². The van der Waals surface area contributed by atoms with E-state index >= 15 is 0 Å². The SMILES string of the molecule is Cc1c(CNC2CC2)cc(Cl)cc1S(=O)(=O)NCC(F)F. The van der Waals surface area contributed by atoms with Crippen LogP contribution in [0.5, 0.6) is 0 Å². The zero-order valence-corrected chi connectivity index (χ0v) is 13.1. The molecule has 0 aromatic heterocycles. The van der Waals surface area contributed by atoms with Gasteiger partial charge in [0.1, 0.15) is 0 Å². The van der Waals surface area contributed by atoms with Crippen molar-refractivity contribution < 1.29 is 17.2 Å². The molecule has 2 N–H and O–H groups in total. The minimum Gasteiger partial charge on any atom is -0.310 e. The van der Waals surface area contributed by atoms with Crippen molar-refractivity contribution in [3.63, 3.8) is 0 Å². The number of sulfonamides is 1. The Balaban J connectivity index is 2.24. The van der Waals surface area contributed by atoms with Crippen molar-refractivity contribution in [3.05, 3.63) is 28.3 Å². The van der Waals surface area contributed by atoms with Gasteiger partial charge in [0, 0.05) is 17.6 Å². The number of alkyl halides is 2. The summed E-state index contributed by atoms with van der Waals surface area (Å²) in [5, 5.41) is 3.55. The average Bonchev–Trinajstić information content (AvgIpc) is 3.21. The quantitative estimate of drug-likeness (QED) is 0.803. The van der Waals surface area contributed by atoms with Crippen molar-refractivity contribution in [2.24, 2.45) is 0 Å². The highest BCUT2D eigenvalue weighted by Crippen LogP contribution is 2.26. The number of halogens is 3. The Morgan fingerprint density at radius 3 is 2.62 bits per heavy atom. The van der Waals surface area contributed by atoms with E-state index in [-0.39, 0.29) is 9.92 Å². The van der Waals surface area contributed by atoms with Gasteiger partial charge in [-0.3, -0.25) is 0 Å². The van der Waals surface area contributed by atoms with Gasteiger partial charge in [-0.05, 0) is 43.0 Å². The molecule has 0 atom stereocenters. The molecule has 118 valence electrons. The first-order chi connectivity index (χ1) is 9.79. The van der Waals surface area contributed by atoms with Gasteiger partial charge < -0.3 is 5.32 Å². The van der Waals surface area contributed by atoms with Gasteiger partial charge >= 0.3 is 0 Å². The van der Waals surface area contributed by atoms with Gasteiger partial charge in [-0.25, -0.2) is 21.9 Å². The Morgan fingerprint density at radius 1 is 1.38 bits per heavy atom. The Hall–Kier alpha value is -0.760. The second-order valence-corrected chi connectivity index (χ2v) is 7.26. The van der Waals surface area contributed by atoms with Crippen LogP contribution in [0.4, 0.5) is 8.78 Å². The first-order valence-electron chi connectivity index (χ1n) is 6.60. The van der Waals surface area contributed by atoms with Crippen molar-refractivity contribution in [1.82, 2.24) is 10.0 Å². The van der Waals surface area contributed by atoms with Crippen LogP contribution in [0.2, 0.25) is 5.02 Å². The van der Waals surface area contributed by atoms with Gasteiger partial charge in [0.15, 0.2) is 0 Å². The molecule has 2 rings (SSSR count). The topological polar surface area (TPSA) is 58.2 Å². The lowest BCUT2D eigenvalue weighted by Gasteiger charge is -2.14. The van der Waals surface area contributed by atoms with E-state index in [1.807, 2.05) is 4.72 Å². The second kappa shape index (κ2) is 6.56. The molecule has 21 heavy (non-hydrogen) atoms. The molecule has 1 aromatic rings. The zero-order valence-electron chi connectivity index (χ0n) is 11.5. The summed E-state index contributed by atoms with van der Waals surface area (Å²) in [6.07, 6.45) is -0.517. The maximum absolute atomic E-state index is 12.2. The fourth-order valence-electron chi connectivity index (χ4n) is 1.96. The van der Waals surface area contributed by atoms with Crippen molar-refractivity contribution in [3.8, 4) is 0 Å². The summed E-state index contributed by atoms with van der Waals surface area (Å²) in [5.41, 5.74) is 1.28. The van der Waals surface area contributed by atoms with Gasteiger partial charge in [0.05, 0.1) is 11.4 Å². The third-order valence-electron chi connectivity index (χ3n) is 3.31. The summed E-state index contributed by atoms with van der Waals surface area (Å²) in [4.78, 5) is -0.0525. The molecular weight excluding hydrogens is 322 g/mol. The molecule has 0 saturated heterocycles. The molecule has 0 radical (unpaired) electrons. The molecule has 0 heterocycles. The van der Waals surface area contributed by atoms with Crippen molar-refractivity contribution in [2.45, 2.75) is 43.7 Å². The lowest BCUT2D eigenvalue weighted by molar-refractivity contribution is 0.153. The molecule has 0 amide bonds. The number of hydrogen-bond donors (Lipinski definition) is 2. The first kappa shape index (κ1) is 16.6. The van der Waals surface area contributed by atoms with Crippen LogP contribution in [0.25, 0.3) is 0 Å². The minimum absolute atomic E-state index is 0.0525. The van der Waals surface area contributed by atoms with Crippen LogP contribution in [0.15, 0.2) is 17.0 Å². The average molecular weight is 339 g/mol. The number of hydrogen-bond acceptors (Lipinski definition) is 3. The minimum atomic E-state index is -4.00. The molecule has 0 aliphatic heterocycles. The van der Waals surface area contributed by atoms with E-state index in [9.17, 15) is 17.2 Å². The van der Waals surface area contributed by atoms with Crippen LogP contribution in [0.1, 0.15) is 24.0 Å². The Bertz CT molecular complexity index is 619. The molecular formula is C13H17ClF2N2O2S. The Labute approximate surface area is 127 Å². The first-order valence-corrected chi connectivity index (χ1v) is 8.46. The van der Waals surface area contributed by atoms with Gasteiger partial charge in [-0.15, -0.1) is 0 Å². The number of benzene rings is 1. The predicted octanol–water partition coefficient (Wildman–Crippen LogP) is 2.44. The normalized spacial score (nSPS) is 15.7. The van der Waals surface area contributed by atoms with Gasteiger partial charge in [-0.2, -0.15) is 0 Å². The molecule has 1 aromatic carbocycles. The molecule has 0 bridgehead atoms. The highest BCUT2D eigenvalue weighted by molar-refractivity contribution is 7.89. The fraction of sp³-hybridized carbons (Fsp3) is 0.538. The third-order valence-corrected chi connectivity index (χ3v) is 5.08. The monoisotopic (exact) mass is 338 g/mol. The van der Waals surface area contributed by atoms with E-state index < -0.39 is 23.0 Å². The van der Waals surface area contributed by atoms with Gasteiger partial charge in [0.2, 0.25) is 10.0 Å². The largest absolute Gasteiger partial charge is 0.310 e. The molecule has 0 spiro atoms. The summed E-state index contributed by atoms with van der Waals surface area (Å²) in [6.45, 7) is 1.25. The maximum Gasteiger partial charge on any atom is 0.251 e. The van der Waals surface area contributed by atoms with Crippen LogP contribution in [-0.2, 0) is 16.6 Å². The molecule has 4 nitrogen and oxygen atoms in total. The Kier molecular flexibility index (Phi) is 5.19. The Morgan fingerprint density at radius 2 is 2.05 bits per heavy atom. The van der Waals surface area contributed by atoms with Gasteiger partial charge in [0.25, 0.3) is 6.43 Å². The number of nitrogens with one attached hydrogen (secondary N) is 2. The number of rotatable bonds is 7. The van der Waals surface area contributed by atoms with E-state index in [0.717, 1.165) is 18.4 Å². The summed E-state index contributed by atoms with van der Waals surface area (Å²) < 4.78 is 50.5. The van der Waals surface area contributed by atoms with Crippen LogP contribution in [-0.4, -0.2) is 27.4 Å². The van der Waals surface area contributed by atoms with E-state index in [1.54, 1.807) is 13.0 Å². The maximum atomic E-state index is 12.2.